The van der Waals surface area contributed by atoms with E-state index in [0.717, 1.165) is 28.1 Å². The number of ether oxygens (including phenoxy) is 2. The number of aromatic nitrogens is 2. The molecule has 0 saturated carbocycles. The molecule has 7 nitrogen and oxygen atoms in total. The molecule has 0 spiro atoms. The van der Waals surface area contributed by atoms with Gasteiger partial charge in [-0.15, -0.1) is 0 Å². The summed E-state index contributed by atoms with van der Waals surface area (Å²) < 4.78 is 16.4. The molecule has 1 heterocycles. The van der Waals surface area contributed by atoms with Gasteiger partial charge in [0, 0.05) is 11.3 Å². The topological polar surface area (TPSA) is 86.5 Å². The maximum Gasteiger partial charge on any atom is 0.262 e. The maximum atomic E-state index is 12.4. The Hall–Kier alpha value is -4.13. The predicted octanol–water partition coefficient (Wildman–Crippen LogP) is 5.05. The van der Waals surface area contributed by atoms with Crippen molar-refractivity contribution in [2.24, 2.45) is 0 Å². The number of nitrogens with zero attached hydrogens (tertiary/aromatic N) is 2. The SMILES string of the molecule is COc1ccc(-c2noc(-c3ccccc3OCC(=O)Nc3cccc(C)c3C)n2)cc1. The van der Waals surface area contributed by atoms with Gasteiger partial charge in [-0.1, -0.05) is 29.4 Å². The van der Waals surface area contributed by atoms with Crippen LogP contribution in [0.15, 0.2) is 71.3 Å². The van der Waals surface area contributed by atoms with Crippen molar-refractivity contribution in [2.75, 3.05) is 19.0 Å². The van der Waals surface area contributed by atoms with Gasteiger partial charge in [0.2, 0.25) is 5.82 Å². The number of anilines is 1. The van der Waals surface area contributed by atoms with Crippen molar-refractivity contribution in [3.05, 3.63) is 77.9 Å². The highest BCUT2D eigenvalue weighted by Gasteiger charge is 2.16. The Morgan fingerprint density at radius 1 is 1.00 bits per heavy atom. The van der Waals surface area contributed by atoms with E-state index in [0.29, 0.717) is 23.0 Å². The number of rotatable bonds is 7. The second kappa shape index (κ2) is 9.34. The van der Waals surface area contributed by atoms with Gasteiger partial charge in [-0.3, -0.25) is 4.79 Å². The summed E-state index contributed by atoms with van der Waals surface area (Å²) in [5.41, 5.74) is 4.32. The highest BCUT2D eigenvalue weighted by Crippen LogP contribution is 2.30. The molecule has 0 atom stereocenters. The van der Waals surface area contributed by atoms with E-state index in [9.17, 15) is 4.79 Å². The summed E-state index contributed by atoms with van der Waals surface area (Å²) in [5.74, 6) is 1.73. The number of nitrogens with one attached hydrogen (secondary N) is 1. The van der Waals surface area contributed by atoms with E-state index in [4.69, 9.17) is 14.0 Å². The molecule has 0 aliphatic heterocycles. The fraction of sp³-hybridized carbons (Fsp3) is 0.160. The Balaban J connectivity index is 1.48. The van der Waals surface area contributed by atoms with Gasteiger partial charge in [0.1, 0.15) is 11.5 Å². The molecule has 7 heteroatoms. The van der Waals surface area contributed by atoms with Crippen LogP contribution in [0.25, 0.3) is 22.8 Å². The van der Waals surface area contributed by atoms with E-state index in [1.165, 1.54) is 0 Å². The zero-order valence-electron chi connectivity index (χ0n) is 18.1. The molecule has 4 aromatic rings. The van der Waals surface area contributed by atoms with Crippen LogP contribution < -0.4 is 14.8 Å². The number of carbonyl (C=O) groups excluding carboxylic acids is 1. The first-order chi connectivity index (χ1) is 15.5. The lowest BCUT2D eigenvalue weighted by Gasteiger charge is -2.12. The second-order valence-electron chi connectivity index (χ2n) is 7.23. The fourth-order valence-corrected chi connectivity index (χ4v) is 3.18. The van der Waals surface area contributed by atoms with Crippen molar-refractivity contribution in [1.29, 1.82) is 0 Å². The van der Waals surface area contributed by atoms with E-state index in [1.54, 1.807) is 13.2 Å². The lowest BCUT2D eigenvalue weighted by Crippen LogP contribution is -2.21. The number of aryl methyl sites for hydroxylation is 1. The molecule has 4 rings (SSSR count). The third-order valence-corrected chi connectivity index (χ3v) is 5.13. The van der Waals surface area contributed by atoms with Gasteiger partial charge in [0.05, 0.1) is 12.7 Å². The van der Waals surface area contributed by atoms with E-state index in [-0.39, 0.29) is 12.5 Å². The zero-order chi connectivity index (χ0) is 22.5. The van der Waals surface area contributed by atoms with Gasteiger partial charge in [0.25, 0.3) is 11.8 Å². The van der Waals surface area contributed by atoms with Gasteiger partial charge in [0.15, 0.2) is 6.61 Å². The highest BCUT2D eigenvalue weighted by molar-refractivity contribution is 5.92. The number of amides is 1. The normalized spacial score (nSPS) is 10.6. The van der Waals surface area contributed by atoms with E-state index < -0.39 is 0 Å². The third kappa shape index (κ3) is 4.62. The first-order valence-corrected chi connectivity index (χ1v) is 10.1. The van der Waals surface area contributed by atoms with Gasteiger partial charge < -0.3 is 19.3 Å². The third-order valence-electron chi connectivity index (χ3n) is 5.13. The quantitative estimate of drug-likeness (QED) is 0.443. The van der Waals surface area contributed by atoms with Crippen LogP contribution in [0.3, 0.4) is 0 Å². The largest absolute Gasteiger partial charge is 0.497 e. The number of hydrogen-bond donors (Lipinski definition) is 1. The van der Waals surface area contributed by atoms with Crippen LogP contribution >= 0.6 is 0 Å². The number of hydrogen-bond acceptors (Lipinski definition) is 6. The van der Waals surface area contributed by atoms with E-state index in [2.05, 4.69) is 15.5 Å². The van der Waals surface area contributed by atoms with Crippen molar-refractivity contribution < 1.29 is 18.8 Å². The average Bonchev–Trinajstić information content (AvgIpc) is 3.31. The molecule has 3 aromatic carbocycles. The molecule has 0 saturated heterocycles. The lowest BCUT2D eigenvalue weighted by atomic mass is 10.1. The summed E-state index contributed by atoms with van der Waals surface area (Å²) in [6.07, 6.45) is 0. The Morgan fingerprint density at radius 3 is 2.56 bits per heavy atom. The molecular weight excluding hydrogens is 406 g/mol. The summed E-state index contributed by atoms with van der Waals surface area (Å²) in [6, 6.07) is 20.4. The van der Waals surface area contributed by atoms with Gasteiger partial charge in [-0.25, -0.2) is 0 Å². The zero-order valence-corrected chi connectivity index (χ0v) is 18.1. The molecule has 1 aromatic heterocycles. The number of benzene rings is 3. The molecule has 0 radical (unpaired) electrons. The number of para-hydroxylation sites is 1. The van der Waals surface area contributed by atoms with Crippen LogP contribution in [-0.2, 0) is 4.79 Å². The molecular formula is C25H23N3O4. The minimum Gasteiger partial charge on any atom is -0.497 e. The lowest BCUT2D eigenvalue weighted by molar-refractivity contribution is -0.118. The minimum absolute atomic E-state index is 0.149. The monoisotopic (exact) mass is 429 g/mol. The molecule has 1 N–H and O–H groups in total. The molecule has 0 unspecified atom stereocenters. The molecule has 0 fully saturated rings. The van der Waals surface area contributed by atoms with Crippen LogP contribution in [0.1, 0.15) is 11.1 Å². The summed E-state index contributed by atoms with van der Waals surface area (Å²) in [5, 5.41) is 6.96. The number of carbonyl (C=O) groups is 1. The Bertz CT molecular complexity index is 1230. The Labute approximate surface area is 186 Å². The second-order valence-corrected chi connectivity index (χ2v) is 7.23. The van der Waals surface area contributed by atoms with E-state index >= 15 is 0 Å². The van der Waals surface area contributed by atoms with Crippen LogP contribution in [0.4, 0.5) is 5.69 Å². The Kier molecular flexibility index (Phi) is 6.17. The molecule has 1 amide bonds. The molecule has 32 heavy (non-hydrogen) atoms. The maximum absolute atomic E-state index is 12.4. The molecule has 162 valence electrons. The van der Waals surface area contributed by atoms with Crippen molar-refractivity contribution in [2.45, 2.75) is 13.8 Å². The van der Waals surface area contributed by atoms with Crippen LogP contribution in [0.5, 0.6) is 11.5 Å². The van der Waals surface area contributed by atoms with Crippen molar-refractivity contribution in [1.82, 2.24) is 10.1 Å². The predicted molar refractivity (Wildman–Crippen MR) is 122 cm³/mol. The first kappa shape index (κ1) is 21.1. The van der Waals surface area contributed by atoms with Crippen molar-refractivity contribution in [3.8, 4) is 34.3 Å². The minimum atomic E-state index is -0.252. The van der Waals surface area contributed by atoms with Crippen molar-refractivity contribution in [3.63, 3.8) is 0 Å². The van der Waals surface area contributed by atoms with Crippen LogP contribution in [-0.4, -0.2) is 29.8 Å². The number of methoxy groups -OCH3 is 1. The standard InChI is InChI=1S/C25H23N3O4/c1-16-7-6-9-21(17(16)2)26-23(29)15-31-22-10-5-4-8-20(22)25-27-24(28-32-25)18-11-13-19(30-3)14-12-18/h4-14H,15H2,1-3H3,(H,26,29). The summed E-state index contributed by atoms with van der Waals surface area (Å²) in [6.45, 7) is 3.82. The first-order valence-electron chi connectivity index (χ1n) is 10.1. The highest BCUT2D eigenvalue weighted by atomic mass is 16.5. The molecule has 0 bridgehead atoms. The summed E-state index contributed by atoms with van der Waals surface area (Å²) >= 11 is 0. The molecule has 0 aliphatic rings. The van der Waals surface area contributed by atoms with E-state index in [1.807, 2.05) is 74.5 Å². The summed E-state index contributed by atoms with van der Waals surface area (Å²) in [4.78, 5) is 16.9. The summed E-state index contributed by atoms with van der Waals surface area (Å²) in [7, 11) is 1.61. The smallest absolute Gasteiger partial charge is 0.262 e. The molecule has 0 aliphatic carbocycles. The van der Waals surface area contributed by atoms with Crippen LogP contribution in [0, 0.1) is 13.8 Å². The van der Waals surface area contributed by atoms with Gasteiger partial charge in [-0.2, -0.15) is 4.98 Å². The fourth-order valence-electron chi connectivity index (χ4n) is 3.18. The van der Waals surface area contributed by atoms with Gasteiger partial charge >= 0.3 is 0 Å². The Morgan fingerprint density at radius 2 is 1.78 bits per heavy atom. The van der Waals surface area contributed by atoms with Gasteiger partial charge in [-0.05, 0) is 67.4 Å². The van der Waals surface area contributed by atoms with Crippen LogP contribution in [0.2, 0.25) is 0 Å². The average molecular weight is 429 g/mol. The van der Waals surface area contributed by atoms with Crippen molar-refractivity contribution >= 4 is 11.6 Å².